The maximum atomic E-state index is 13.6. The van der Waals surface area contributed by atoms with E-state index in [4.69, 9.17) is 10.00 Å². The van der Waals surface area contributed by atoms with Gasteiger partial charge < -0.3 is 10.1 Å². The quantitative estimate of drug-likeness (QED) is 0.913. The smallest absolute Gasteiger partial charge is 0.224 e. The summed E-state index contributed by atoms with van der Waals surface area (Å²) in [7, 11) is 0. The van der Waals surface area contributed by atoms with Crippen LogP contribution in [-0.2, 0) is 6.42 Å². The molecule has 1 heterocycles. The van der Waals surface area contributed by atoms with E-state index in [-0.39, 0.29) is 17.2 Å². The summed E-state index contributed by atoms with van der Waals surface area (Å²) < 4.78 is 19.1. The first-order chi connectivity index (χ1) is 10.2. The molecule has 0 saturated heterocycles. The number of nitrogens with zero attached hydrogens (tertiary/aromatic N) is 3. The molecule has 2 rings (SSSR count). The van der Waals surface area contributed by atoms with Crippen LogP contribution in [0.1, 0.15) is 25.2 Å². The fourth-order valence-electron chi connectivity index (χ4n) is 1.77. The topological polar surface area (TPSA) is 70.8 Å². The second kappa shape index (κ2) is 6.66. The van der Waals surface area contributed by atoms with Crippen molar-refractivity contribution in [3.63, 3.8) is 0 Å². The first kappa shape index (κ1) is 14.7. The second-order valence-corrected chi connectivity index (χ2v) is 4.22. The Hall–Kier alpha value is -2.68. The molecule has 0 radical (unpaired) electrons. The highest BCUT2D eigenvalue weighted by Crippen LogP contribution is 2.26. The predicted octanol–water partition coefficient (Wildman–Crippen LogP) is 3.27. The van der Waals surface area contributed by atoms with E-state index in [9.17, 15) is 4.39 Å². The molecule has 0 aliphatic rings. The van der Waals surface area contributed by atoms with Gasteiger partial charge in [-0.15, -0.1) is 0 Å². The van der Waals surface area contributed by atoms with Crippen molar-refractivity contribution in [2.45, 2.75) is 20.3 Å². The van der Waals surface area contributed by atoms with Gasteiger partial charge in [-0.1, -0.05) is 13.0 Å². The number of nitrogens with one attached hydrogen (secondary N) is 1. The number of aryl methyl sites for hydroxylation is 1. The predicted molar refractivity (Wildman–Crippen MR) is 76.8 cm³/mol. The first-order valence-electron chi connectivity index (χ1n) is 6.66. The number of ether oxygens (including phenoxy) is 1. The lowest BCUT2D eigenvalue weighted by Crippen LogP contribution is -2.04. The van der Waals surface area contributed by atoms with Crippen molar-refractivity contribution in [3.05, 3.63) is 41.5 Å². The van der Waals surface area contributed by atoms with Crippen molar-refractivity contribution in [3.8, 4) is 17.7 Å². The van der Waals surface area contributed by atoms with Gasteiger partial charge >= 0.3 is 0 Å². The fourth-order valence-corrected chi connectivity index (χ4v) is 1.77. The largest absolute Gasteiger partial charge is 0.437 e. The molecule has 0 spiro atoms. The molecule has 0 amide bonds. The number of anilines is 1. The van der Waals surface area contributed by atoms with E-state index in [0.29, 0.717) is 24.6 Å². The molecule has 1 aromatic carbocycles. The highest BCUT2D eigenvalue weighted by Gasteiger charge is 2.12. The maximum absolute atomic E-state index is 13.6. The van der Waals surface area contributed by atoms with Crippen molar-refractivity contribution >= 4 is 5.82 Å². The van der Waals surface area contributed by atoms with Crippen molar-refractivity contribution < 1.29 is 9.13 Å². The molecular formula is C15H15FN4O. The Morgan fingerprint density at radius 1 is 1.33 bits per heavy atom. The number of rotatable bonds is 5. The Kier molecular flexibility index (Phi) is 4.67. The normalized spacial score (nSPS) is 10.0. The van der Waals surface area contributed by atoms with E-state index >= 15 is 0 Å². The second-order valence-electron chi connectivity index (χ2n) is 4.22. The average molecular weight is 286 g/mol. The van der Waals surface area contributed by atoms with Crippen LogP contribution in [0.15, 0.2) is 24.3 Å². The maximum Gasteiger partial charge on any atom is 0.224 e. The Bertz CT molecular complexity index is 682. The van der Waals surface area contributed by atoms with Gasteiger partial charge in [-0.3, -0.25) is 0 Å². The molecule has 6 heteroatoms. The number of benzene rings is 1. The Labute approximate surface area is 122 Å². The van der Waals surface area contributed by atoms with E-state index in [1.54, 1.807) is 12.1 Å². The van der Waals surface area contributed by atoms with E-state index in [2.05, 4.69) is 15.3 Å². The monoisotopic (exact) mass is 286 g/mol. The SMILES string of the molecule is CCNc1cc(Oc2cccc(F)c2C#N)nc(CC)n1. The van der Waals surface area contributed by atoms with Gasteiger partial charge in [-0.05, 0) is 19.1 Å². The zero-order valence-corrected chi connectivity index (χ0v) is 11.9. The average Bonchev–Trinajstić information content (AvgIpc) is 2.47. The molecular weight excluding hydrogens is 271 g/mol. The van der Waals surface area contributed by atoms with Crippen LogP contribution in [-0.4, -0.2) is 16.5 Å². The minimum absolute atomic E-state index is 0.140. The summed E-state index contributed by atoms with van der Waals surface area (Å²) in [6.07, 6.45) is 0.643. The van der Waals surface area contributed by atoms with Crippen molar-refractivity contribution in [2.75, 3.05) is 11.9 Å². The Morgan fingerprint density at radius 2 is 2.14 bits per heavy atom. The highest BCUT2D eigenvalue weighted by molar-refractivity contribution is 5.47. The number of hydrogen-bond donors (Lipinski definition) is 1. The van der Waals surface area contributed by atoms with Crippen LogP contribution in [0.2, 0.25) is 0 Å². The standard InChI is InChI=1S/C15H15FN4O/c1-3-13-19-14(18-4-2)8-15(20-13)21-12-7-5-6-11(16)10(12)9-17/h5-8H,3-4H2,1-2H3,(H,18,19,20). The van der Waals surface area contributed by atoms with Crippen molar-refractivity contribution in [1.82, 2.24) is 9.97 Å². The third-order valence-corrected chi connectivity index (χ3v) is 2.72. The summed E-state index contributed by atoms with van der Waals surface area (Å²) >= 11 is 0. The van der Waals surface area contributed by atoms with E-state index in [1.165, 1.54) is 18.2 Å². The van der Waals surface area contributed by atoms with Crippen LogP contribution in [0.3, 0.4) is 0 Å². The number of nitriles is 1. The summed E-state index contributed by atoms with van der Waals surface area (Å²) in [5.74, 6) is 1.04. The number of hydrogen-bond acceptors (Lipinski definition) is 5. The molecule has 0 unspecified atom stereocenters. The van der Waals surface area contributed by atoms with Crippen LogP contribution in [0, 0.1) is 17.1 Å². The Balaban J connectivity index is 2.37. The van der Waals surface area contributed by atoms with Gasteiger partial charge in [0.2, 0.25) is 5.88 Å². The summed E-state index contributed by atoms with van der Waals surface area (Å²) in [6.45, 7) is 4.59. The molecule has 21 heavy (non-hydrogen) atoms. The molecule has 0 aliphatic heterocycles. The molecule has 0 bridgehead atoms. The lowest BCUT2D eigenvalue weighted by atomic mass is 10.2. The summed E-state index contributed by atoms with van der Waals surface area (Å²) in [6, 6.07) is 7.64. The molecule has 1 N–H and O–H groups in total. The number of halogens is 1. The van der Waals surface area contributed by atoms with Crippen LogP contribution in [0.25, 0.3) is 0 Å². The highest BCUT2D eigenvalue weighted by atomic mass is 19.1. The molecule has 0 fully saturated rings. The van der Waals surface area contributed by atoms with Gasteiger partial charge in [0, 0.05) is 19.0 Å². The molecule has 0 saturated carbocycles. The zero-order valence-electron chi connectivity index (χ0n) is 11.9. The molecule has 0 aliphatic carbocycles. The van der Waals surface area contributed by atoms with Gasteiger partial charge in [0.15, 0.2) is 0 Å². The van der Waals surface area contributed by atoms with Gasteiger partial charge in [0.05, 0.1) is 0 Å². The molecule has 5 nitrogen and oxygen atoms in total. The molecule has 1 aromatic heterocycles. The zero-order chi connectivity index (χ0) is 15.2. The van der Waals surface area contributed by atoms with Gasteiger partial charge in [-0.25, -0.2) is 9.37 Å². The van der Waals surface area contributed by atoms with E-state index in [0.717, 1.165) is 0 Å². The summed E-state index contributed by atoms with van der Waals surface area (Å²) in [5, 5.41) is 12.1. The Morgan fingerprint density at radius 3 is 2.81 bits per heavy atom. The van der Waals surface area contributed by atoms with E-state index in [1.807, 2.05) is 13.8 Å². The van der Waals surface area contributed by atoms with Crippen molar-refractivity contribution in [1.29, 1.82) is 5.26 Å². The lowest BCUT2D eigenvalue weighted by molar-refractivity contribution is 0.452. The van der Waals surface area contributed by atoms with Crippen LogP contribution < -0.4 is 10.1 Å². The number of aromatic nitrogens is 2. The molecule has 2 aromatic rings. The van der Waals surface area contributed by atoms with Gasteiger partial charge in [0.25, 0.3) is 0 Å². The summed E-state index contributed by atoms with van der Waals surface area (Å²) in [5.41, 5.74) is -0.140. The lowest BCUT2D eigenvalue weighted by Gasteiger charge is -2.10. The van der Waals surface area contributed by atoms with Crippen LogP contribution in [0.5, 0.6) is 11.6 Å². The third-order valence-electron chi connectivity index (χ3n) is 2.72. The fraction of sp³-hybridized carbons (Fsp3) is 0.267. The molecule has 108 valence electrons. The minimum atomic E-state index is -0.619. The van der Waals surface area contributed by atoms with Crippen LogP contribution in [0.4, 0.5) is 10.2 Å². The van der Waals surface area contributed by atoms with Gasteiger partial charge in [0.1, 0.15) is 34.8 Å². The third kappa shape index (κ3) is 3.45. The van der Waals surface area contributed by atoms with Crippen molar-refractivity contribution in [2.24, 2.45) is 0 Å². The van der Waals surface area contributed by atoms with Gasteiger partial charge in [-0.2, -0.15) is 10.2 Å². The summed E-state index contributed by atoms with van der Waals surface area (Å²) in [4.78, 5) is 8.53. The minimum Gasteiger partial charge on any atom is -0.437 e. The first-order valence-corrected chi connectivity index (χ1v) is 6.66. The van der Waals surface area contributed by atoms with E-state index < -0.39 is 5.82 Å². The van der Waals surface area contributed by atoms with Crippen LogP contribution >= 0.6 is 0 Å². The molecule has 0 atom stereocenters.